The number of nitrogens with zero attached hydrogens (tertiary/aromatic N) is 4. The summed E-state index contributed by atoms with van der Waals surface area (Å²) in [5, 5.41) is 26.4. The number of hydrogen-bond donors (Lipinski definition) is 3. The molecule has 0 radical (unpaired) electrons. The summed E-state index contributed by atoms with van der Waals surface area (Å²) < 4.78 is 0. The molecule has 0 atom stereocenters. The highest BCUT2D eigenvalue weighted by Gasteiger charge is 2.17. The largest absolute Gasteiger partial charge is 0.361 e. The first-order chi connectivity index (χ1) is 15.9. The first kappa shape index (κ1) is 22.0. The van der Waals surface area contributed by atoms with E-state index in [2.05, 4.69) is 31.0 Å². The van der Waals surface area contributed by atoms with E-state index in [-0.39, 0.29) is 27.8 Å². The van der Waals surface area contributed by atoms with Gasteiger partial charge >= 0.3 is 0 Å². The highest BCUT2D eigenvalue weighted by molar-refractivity contribution is 7.15. The lowest BCUT2D eigenvalue weighted by Gasteiger charge is -2.02. The maximum atomic E-state index is 12.3. The van der Waals surface area contributed by atoms with Crippen LogP contribution in [-0.2, 0) is 11.2 Å². The molecule has 2 aromatic heterocycles. The fraction of sp³-hybridized carbons (Fsp3) is 0.0500. The molecule has 0 fully saturated rings. The Morgan fingerprint density at radius 3 is 2.85 bits per heavy atom. The van der Waals surface area contributed by atoms with Crippen molar-refractivity contribution in [2.24, 2.45) is 5.10 Å². The number of hydrogen-bond acceptors (Lipinski definition) is 8. The number of aromatic amines is 1. The third kappa shape index (κ3) is 5.19. The number of amides is 2. The van der Waals surface area contributed by atoms with Crippen molar-refractivity contribution in [1.29, 1.82) is 0 Å². The number of rotatable bonds is 7. The molecule has 4 aromatic rings. The summed E-state index contributed by atoms with van der Waals surface area (Å²) in [6.45, 7) is 0. The molecule has 0 spiro atoms. The van der Waals surface area contributed by atoms with Crippen molar-refractivity contribution in [2.45, 2.75) is 6.42 Å². The van der Waals surface area contributed by atoms with Crippen molar-refractivity contribution >= 4 is 62.7 Å². The average Bonchev–Trinajstić information content (AvgIpc) is 3.40. The van der Waals surface area contributed by atoms with E-state index in [1.807, 2.05) is 24.3 Å². The van der Waals surface area contributed by atoms with Crippen LogP contribution in [0.1, 0.15) is 20.9 Å². The van der Waals surface area contributed by atoms with Crippen molar-refractivity contribution in [1.82, 2.24) is 20.6 Å². The number of nitro groups is 1. The number of benzene rings is 2. The predicted molar refractivity (Wildman–Crippen MR) is 124 cm³/mol. The Morgan fingerprint density at radius 1 is 1.24 bits per heavy atom. The Bertz CT molecular complexity index is 1400. The molecule has 0 aliphatic carbocycles. The molecule has 0 saturated carbocycles. The van der Waals surface area contributed by atoms with Crippen LogP contribution in [0.15, 0.2) is 53.8 Å². The Balaban J connectivity index is 1.32. The molecule has 2 aromatic carbocycles. The first-order valence-electron chi connectivity index (χ1n) is 9.36. The average molecular weight is 484 g/mol. The third-order valence-corrected chi connectivity index (χ3v) is 5.56. The summed E-state index contributed by atoms with van der Waals surface area (Å²) >= 11 is 6.85. The number of hydrazone groups is 1. The second-order valence-corrected chi connectivity index (χ2v) is 8.11. The molecule has 0 aliphatic rings. The summed E-state index contributed by atoms with van der Waals surface area (Å²) in [6.07, 6.45) is 3.25. The number of halogens is 1. The predicted octanol–water partition coefficient (Wildman–Crippen LogP) is 3.53. The van der Waals surface area contributed by atoms with Crippen LogP contribution < -0.4 is 10.7 Å². The lowest BCUT2D eigenvalue weighted by molar-refractivity contribution is -0.384. The van der Waals surface area contributed by atoms with Crippen LogP contribution in [-0.4, -0.2) is 38.1 Å². The van der Waals surface area contributed by atoms with Crippen LogP contribution in [0.3, 0.4) is 0 Å². The van der Waals surface area contributed by atoms with Crippen LogP contribution in [0.2, 0.25) is 5.02 Å². The second-order valence-electron chi connectivity index (χ2n) is 6.64. The van der Waals surface area contributed by atoms with Gasteiger partial charge in [-0.1, -0.05) is 41.1 Å². The summed E-state index contributed by atoms with van der Waals surface area (Å²) in [6, 6.07) is 11.3. The van der Waals surface area contributed by atoms with E-state index in [1.165, 1.54) is 18.3 Å². The van der Waals surface area contributed by atoms with Gasteiger partial charge in [0.1, 0.15) is 10.0 Å². The van der Waals surface area contributed by atoms with Crippen LogP contribution in [0.4, 0.5) is 10.8 Å². The van der Waals surface area contributed by atoms with E-state index in [0.717, 1.165) is 33.9 Å². The van der Waals surface area contributed by atoms with Gasteiger partial charge in [0.2, 0.25) is 11.0 Å². The maximum Gasteiger partial charge on any atom is 0.287 e. The van der Waals surface area contributed by atoms with E-state index in [9.17, 15) is 19.7 Å². The second kappa shape index (κ2) is 9.54. The molecular weight excluding hydrogens is 470 g/mol. The summed E-state index contributed by atoms with van der Waals surface area (Å²) in [4.78, 5) is 37.8. The van der Waals surface area contributed by atoms with Gasteiger partial charge < -0.3 is 4.98 Å². The fourth-order valence-electron chi connectivity index (χ4n) is 2.89. The number of H-pyrrole nitrogens is 1. The minimum atomic E-state index is -0.642. The zero-order chi connectivity index (χ0) is 23.4. The number of aromatic nitrogens is 3. The SMILES string of the molecule is O=C(Cc1nnc(NC(=O)c2ccc([N+](=O)[O-])c(Cl)c2)s1)N/N=C\c1c[nH]c2ccccc12. The molecule has 2 heterocycles. The molecule has 0 saturated heterocycles. The number of para-hydroxylation sites is 1. The van der Waals surface area contributed by atoms with E-state index in [4.69, 9.17) is 11.6 Å². The molecule has 13 heteroatoms. The minimum Gasteiger partial charge on any atom is -0.361 e. The lowest BCUT2D eigenvalue weighted by atomic mass is 10.2. The minimum absolute atomic E-state index is 0.0812. The zero-order valence-electron chi connectivity index (χ0n) is 16.6. The standard InChI is InChI=1S/C20H14ClN7O4S/c21-14-7-11(5-6-16(14)28(31)32)19(30)24-20-27-26-18(33-20)8-17(29)25-23-10-12-9-22-15-4-2-1-3-13(12)15/h1-7,9-10,22H,8H2,(H,25,29)(H,24,27,30)/b23-10-. The molecule has 3 N–H and O–H groups in total. The van der Waals surface area contributed by atoms with Crippen molar-refractivity contribution in [3.63, 3.8) is 0 Å². The smallest absolute Gasteiger partial charge is 0.287 e. The molecule has 0 aliphatic heterocycles. The third-order valence-electron chi connectivity index (χ3n) is 4.42. The normalized spacial score (nSPS) is 11.1. The van der Waals surface area contributed by atoms with Gasteiger partial charge in [-0.15, -0.1) is 10.2 Å². The van der Waals surface area contributed by atoms with Gasteiger partial charge in [-0.25, -0.2) is 5.43 Å². The Labute approximate surface area is 194 Å². The number of carbonyl (C=O) groups is 2. The quantitative estimate of drug-likeness (QED) is 0.207. The monoisotopic (exact) mass is 483 g/mol. The molecular formula is C20H14ClN7O4S. The van der Waals surface area contributed by atoms with Crippen LogP contribution in [0.25, 0.3) is 10.9 Å². The van der Waals surface area contributed by atoms with Gasteiger partial charge in [0, 0.05) is 34.3 Å². The number of fused-ring (bicyclic) bond motifs is 1. The van der Waals surface area contributed by atoms with Crippen LogP contribution in [0, 0.1) is 10.1 Å². The topological polar surface area (TPSA) is 155 Å². The van der Waals surface area contributed by atoms with Gasteiger partial charge in [-0.05, 0) is 18.2 Å². The Morgan fingerprint density at radius 2 is 2.06 bits per heavy atom. The maximum absolute atomic E-state index is 12.3. The molecule has 4 rings (SSSR count). The number of carbonyl (C=O) groups excluding carboxylic acids is 2. The Hall–Kier alpha value is -4.16. The van der Waals surface area contributed by atoms with E-state index in [0.29, 0.717) is 5.01 Å². The first-order valence-corrected chi connectivity index (χ1v) is 10.6. The molecule has 33 heavy (non-hydrogen) atoms. The van der Waals surface area contributed by atoms with Crippen LogP contribution >= 0.6 is 22.9 Å². The fourth-order valence-corrected chi connectivity index (χ4v) is 3.88. The van der Waals surface area contributed by atoms with E-state index in [1.54, 1.807) is 6.20 Å². The van der Waals surface area contributed by atoms with Gasteiger partial charge in [0.25, 0.3) is 11.6 Å². The van der Waals surface area contributed by atoms with Gasteiger partial charge in [0.15, 0.2) is 0 Å². The molecule has 0 bridgehead atoms. The van der Waals surface area contributed by atoms with Crippen molar-refractivity contribution in [3.8, 4) is 0 Å². The number of nitro benzene ring substituents is 1. The number of nitrogens with one attached hydrogen (secondary N) is 3. The van der Waals surface area contributed by atoms with Crippen LogP contribution in [0.5, 0.6) is 0 Å². The molecule has 0 unspecified atom stereocenters. The Kier molecular flexibility index (Phi) is 6.38. The molecule has 11 nitrogen and oxygen atoms in total. The van der Waals surface area contributed by atoms with Crippen molar-refractivity contribution in [2.75, 3.05) is 5.32 Å². The summed E-state index contributed by atoms with van der Waals surface area (Å²) in [5.41, 5.74) is 4.04. The van der Waals surface area contributed by atoms with Gasteiger partial charge in [-0.3, -0.25) is 25.0 Å². The summed E-state index contributed by atoms with van der Waals surface area (Å²) in [5.74, 6) is -0.968. The summed E-state index contributed by atoms with van der Waals surface area (Å²) in [7, 11) is 0. The van der Waals surface area contributed by atoms with E-state index >= 15 is 0 Å². The van der Waals surface area contributed by atoms with Crippen molar-refractivity contribution in [3.05, 3.63) is 79.9 Å². The lowest BCUT2D eigenvalue weighted by Crippen LogP contribution is -2.19. The zero-order valence-corrected chi connectivity index (χ0v) is 18.2. The van der Waals surface area contributed by atoms with Gasteiger partial charge in [-0.2, -0.15) is 5.10 Å². The highest BCUT2D eigenvalue weighted by Crippen LogP contribution is 2.25. The molecule has 166 valence electrons. The number of anilines is 1. The highest BCUT2D eigenvalue weighted by atomic mass is 35.5. The molecule has 2 amide bonds. The van der Waals surface area contributed by atoms with Crippen molar-refractivity contribution < 1.29 is 14.5 Å². The van der Waals surface area contributed by atoms with E-state index < -0.39 is 16.7 Å². The van der Waals surface area contributed by atoms with Gasteiger partial charge in [0.05, 0.1) is 17.6 Å².